The summed E-state index contributed by atoms with van der Waals surface area (Å²) < 4.78 is 10.9. The van der Waals surface area contributed by atoms with E-state index in [0.717, 1.165) is 32.1 Å². The molecular formula is C14H26N2O3. The lowest BCUT2D eigenvalue weighted by molar-refractivity contribution is -0.124. The van der Waals surface area contributed by atoms with E-state index in [9.17, 15) is 4.79 Å². The van der Waals surface area contributed by atoms with E-state index in [4.69, 9.17) is 15.2 Å². The molecule has 0 spiro atoms. The Morgan fingerprint density at radius 2 is 2.16 bits per heavy atom. The number of carbonyl (C=O) groups is 1. The first-order valence-corrected chi connectivity index (χ1v) is 7.29. The van der Waals surface area contributed by atoms with E-state index in [1.807, 2.05) is 0 Å². The number of ether oxygens (including phenoxy) is 2. The van der Waals surface area contributed by atoms with Crippen molar-refractivity contribution in [2.45, 2.75) is 50.2 Å². The predicted molar refractivity (Wildman–Crippen MR) is 72.7 cm³/mol. The number of nitrogens with one attached hydrogen (secondary N) is 1. The summed E-state index contributed by atoms with van der Waals surface area (Å²) in [5, 5.41) is 3.00. The number of hydrogen-bond acceptors (Lipinski definition) is 4. The second kappa shape index (κ2) is 6.68. The standard InChI is InChI=1S/C14H26N2O3/c1-18-14(6-7-19-10-14)9-16-13(17)8-11-2-4-12(15)5-3-11/h11-12H,2-10,15H2,1H3,(H,16,17). The topological polar surface area (TPSA) is 73.6 Å². The third-order valence-corrected chi connectivity index (χ3v) is 4.47. The van der Waals surface area contributed by atoms with Crippen molar-refractivity contribution in [2.75, 3.05) is 26.9 Å². The minimum atomic E-state index is -0.315. The second-order valence-electron chi connectivity index (χ2n) is 5.95. The lowest BCUT2D eigenvalue weighted by atomic mass is 9.84. The van der Waals surface area contributed by atoms with Crippen LogP contribution in [-0.2, 0) is 14.3 Å². The lowest BCUT2D eigenvalue weighted by Crippen LogP contribution is -2.45. The fourth-order valence-corrected chi connectivity index (χ4v) is 2.95. The van der Waals surface area contributed by atoms with Crippen LogP contribution in [0.4, 0.5) is 0 Å². The zero-order valence-corrected chi connectivity index (χ0v) is 11.8. The molecule has 0 aromatic rings. The maximum absolute atomic E-state index is 12.0. The summed E-state index contributed by atoms with van der Waals surface area (Å²) in [6, 6.07) is 0.340. The molecule has 1 saturated heterocycles. The second-order valence-corrected chi connectivity index (χ2v) is 5.95. The van der Waals surface area contributed by atoms with Gasteiger partial charge in [0.05, 0.1) is 6.61 Å². The quantitative estimate of drug-likeness (QED) is 0.775. The van der Waals surface area contributed by atoms with Crippen LogP contribution >= 0.6 is 0 Å². The first-order chi connectivity index (χ1) is 9.13. The van der Waals surface area contributed by atoms with E-state index in [2.05, 4.69) is 5.32 Å². The zero-order chi connectivity index (χ0) is 13.7. The van der Waals surface area contributed by atoms with Crippen molar-refractivity contribution in [2.24, 2.45) is 11.7 Å². The Morgan fingerprint density at radius 3 is 2.74 bits per heavy atom. The van der Waals surface area contributed by atoms with Gasteiger partial charge in [0, 0.05) is 39.1 Å². The molecule has 19 heavy (non-hydrogen) atoms. The number of hydrogen-bond donors (Lipinski definition) is 2. The molecule has 1 heterocycles. The average molecular weight is 270 g/mol. The molecule has 1 atom stereocenters. The van der Waals surface area contributed by atoms with Gasteiger partial charge in [-0.15, -0.1) is 0 Å². The van der Waals surface area contributed by atoms with Gasteiger partial charge in [0.2, 0.25) is 5.91 Å². The Bertz CT molecular complexity index is 295. The molecule has 2 fully saturated rings. The van der Waals surface area contributed by atoms with Crippen LogP contribution in [0.3, 0.4) is 0 Å². The maximum Gasteiger partial charge on any atom is 0.220 e. The van der Waals surface area contributed by atoms with Crippen molar-refractivity contribution in [3.05, 3.63) is 0 Å². The molecule has 1 unspecified atom stereocenters. The summed E-state index contributed by atoms with van der Waals surface area (Å²) in [7, 11) is 1.68. The van der Waals surface area contributed by atoms with E-state index in [0.29, 0.717) is 38.1 Å². The lowest BCUT2D eigenvalue weighted by Gasteiger charge is -2.28. The van der Waals surface area contributed by atoms with Gasteiger partial charge < -0.3 is 20.5 Å². The smallest absolute Gasteiger partial charge is 0.220 e. The summed E-state index contributed by atoms with van der Waals surface area (Å²) in [4.78, 5) is 12.0. The number of methoxy groups -OCH3 is 1. The van der Waals surface area contributed by atoms with Gasteiger partial charge in [-0.05, 0) is 31.6 Å². The van der Waals surface area contributed by atoms with Crippen LogP contribution in [0, 0.1) is 5.92 Å². The average Bonchev–Trinajstić information content (AvgIpc) is 2.89. The molecule has 5 nitrogen and oxygen atoms in total. The maximum atomic E-state index is 12.0. The molecule has 2 aliphatic rings. The van der Waals surface area contributed by atoms with Gasteiger partial charge in [0.1, 0.15) is 5.60 Å². The van der Waals surface area contributed by atoms with Crippen molar-refractivity contribution in [3.8, 4) is 0 Å². The number of rotatable bonds is 5. The Morgan fingerprint density at radius 1 is 1.42 bits per heavy atom. The highest BCUT2D eigenvalue weighted by Gasteiger charge is 2.35. The first kappa shape index (κ1) is 14.8. The monoisotopic (exact) mass is 270 g/mol. The van der Waals surface area contributed by atoms with E-state index in [1.165, 1.54) is 0 Å². The van der Waals surface area contributed by atoms with Crippen LogP contribution in [0.5, 0.6) is 0 Å². The molecule has 1 aliphatic carbocycles. The molecule has 1 saturated carbocycles. The molecule has 110 valence electrons. The van der Waals surface area contributed by atoms with Crippen LogP contribution in [-0.4, -0.2) is 44.4 Å². The van der Waals surface area contributed by atoms with Crippen LogP contribution in [0.2, 0.25) is 0 Å². The molecular weight excluding hydrogens is 244 g/mol. The van der Waals surface area contributed by atoms with Gasteiger partial charge in [-0.2, -0.15) is 0 Å². The first-order valence-electron chi connectivity index (χ1n) is 7.29. The molecule has 1 amide bonds. The van der Waals surface area contributed by atoms with Crippen LogP contribution < -0.4 is 11.1 Å². The summed E-state index contributed by atoms with van der Waals surface area (Å²) in [5.41, 5.74) is 5.56. The third kappa shape index (κ3) is 4.16. The van der Waals surface area contributed by atoms with Crippen molar-refractivity contribution in [1.82, 2.24) is 5.32 Å². The molecule has 1 aliphatic heterocycles. The Hall–Kier alpha value is -0.650. The van der Waals surface area contributed by atoms with Crippen molar-refractivity contribution >= 4 is 5.91 Å². The normalized spacial score (nSPS) is 35.3. The van der Waals surface area contributed by atoms with Crippen molar-refractivity contribution in [1.29, 1.82) is 0 Å². The Balaban J connectivity index is 1.69. The molecule has 2 rings (SSSR count). The zero-order valence-electron chi connectivity index (χ0n) is 11.8. The number of amides is 1. The highest BCUT2D eigenvalue weighted by molar-refractivity contribution is 5.76. The van der Waals surface area contributed by atoms with Crippen molar-refractivity contribution in [3.63, 3.8) is 0 Å². The Kier molecular flexibility index (Phi) is 5.19. The van der Waals surface area contributed by atoms with Crippen LogP contribution in [0.25, 0.3) is 0 Å². The van der Waals surface area contributed by atoms with Gasteiger partial charge in [-0.1, -0.05) is 0 Å². The van der Waals surface area contributed by atoms with E-state index in [-0.39, 0.29) is 11.5 Å². The highest BCUT2D eigenvalue weighted by atomic mass is 16.5. The summed E-state index contributed by atoms with van der Waals surface area (Å²) in [6.45, 7) is 1.83. The molecule has 0 radical (unpaired) electrons. The fraction of sp³-hybridized carbons (Fsp3) is 0.929. The van der Waals surface area contributed by atoms with Gasteiger partial charge >= 0.3 is 0 Å². The van der Waals surface area contributed by atoms with Gasteiger partial charge in [0.15, 0.2) is 0 Å². The third-order valence-electron chi connectivity index (χ3n) is 4.47. The van der Waals surface area contributed by atoms with Crippen molar-refractivity contribution < 1.29 is 14.3 Å². The Labute approximate surface area is 115 Å². The van der Waals surface area contributed by atoms with E-state index >= 15 is 0 Å². The van der Waals surface area contributed by atoms with Gasteiger partial charge in [-0.3, -0.25) is 4.79 Å². The number of carbonyl (C=O) groups excluding carboxylic acids is 1. The SMILES string of the molecule is COC1(CNC(=O)CC2CCC(N)CC2)CCOC1. The highest BCUT2D eigenvalue weighted by Crippen LogP contribution is 2.26. The van der Waals surface area contributed by atoms with Crippen LogP contribution in [0.15, 0.2) is 0 Å². The van der Waals surface area contributed by atoms with E-state index < -0.39 is 0 Å². The largest absolute Gasteiger partial charge is 0.378 e. The molecule has 5 heteroatoms. The fourth-order valence-electron chi connectivity index (χ4n) is 2.95. The molecule has 0 aromatic carbocycles. The van der Waals surface area contributed by atoms with Crippen LogP contribution in [0.1, 0.15) is 38.5 Å². The molecule has 0 aromatic heterocycles. The number of nitrogens with two attached hydrogens (primary N) is 1. The molecule has 3 N–H and O–H groups in total. The minimum Gasteiger partial charge on any atom is -0.378 e. The predicted octanol–water partition coefficient (Wildman–Crippen LogP) is 0.816. The summed E-state index contributed by atoms with van der Waals surface area (Å²) in [6.07, 6.45) is 5.72. The minimum absolute atomic E-state index is 0.129. The summed E-state index contributed by atoms with van der Waals surface area (Å²) in [5.74, 6) is 0.627. The van der Waals surface area contributed by atoms with Gasteiger partial charge in [-0.25, -0.2) is 0 Å². The van der Waals surface area contributed by atoms with E-state index in [1.54, 1.807) is 7.11 Å². The summed E-state index contributed by atoms with van der Waals surface area (Å²) >= 11 is 0. The van der Waals surface area contributed by atoms with Gasteiger partial charge in [0.25, 0.3) is 0 Å². The molecule has 0 bridgehead atoms.